The van der Waals surface area contributed by atoms with Crippen molar-refractivity contribution in [1.29, 1.82) is 0 Å². The number of nitrogens with two attached hydrogens (primary N) is 1. The molecule has 2 aromatic carbocycles. The van der Waals surface area contributed by atoms with Crippen LogP contribution in [0, 0.1) is 0 Å². The minimum Gasteiger partial charge on any atom is -0.383 e. The number of nitrogens with zero attached hydrogens (tertiary/aromatic N) is 3. The standard InChI is InChI=1S/C19H24N6/c1-24(2)10-11-25-17-6-5-15(22-9-7-20)14-12-16-13(4-3-8-21-16)19(23-25)18(14)17/h3-6,8,12,22-23H,7,9-11,20H2,1-2H3. The third-order valence-electron chi connectivity index (χ3n) is 4.63. The van der Waals surface area contributed by atoms with Crippen molar-refractivity contribution in [3.8, 4) is 0 Å². The Morgan fingerprint density at radius 3 is 2.92 bits per heavy atom. The van der Waals surface area contributed by atoms with Crippen LogP contribution in [0.3, 0.4) is 0 Å². The van der Waals surface area contributed by atoms with Crippen LogP contribution in [0.2, 0.25) is 0 Å². The molecule has 6 nitrogen and oxygen atoms in total. The normalized spacial score (nSPS) is 13.0. The fourth-order valence-corrected chi connectivity index (χ4v) is 3.41. The molecule has 25 heavy (non-hydrogen) atoms. The van der Waals surface area contributed by atoms with Crippen molar-refractivity contribution in [2.75, 3.05) is 56.0 Å². The SMILES string of the molecule is CN(C)CCN1Nc2c3cccnc3cc3c(NCCN)ccc1c23. The van der Waals surface area contributed by atoms with Gasteiger partial charge in [0.05, 0.1) is 23.4 Å². The number of pyridine rings is 1. The Morgan fingerprint density at radius 1 is 1.24 bits per heavy atom. The smallest absolute Gasteiger partial charge is 0.0736 e. The zero-order chi connectivity index (χ0) is 17.4. The fraction of sp³-hybridized carbons (Fsp3) is 0.316. The van der Waals surface area contributed by atoms with Gasteiger partial charge < -0.3 is 16.0 Å². The predicted molar refractivity (Wildman–Crippen MR) is 106 cm³/mol. The van der Waals surface area contributed by atoms with Crippen LogP contribution in [0.4, 0.5) is 17.1 Å². The lowest BCUT2D eigenvalue weighted by molar-refractivity contribution is 0.417. The third kappa shape index (κ3) is 2.73. The first kappa shape index (κ1) is 15.9. The summed E-state index contributed by atoms with van der Waals surface area (Å²) in [6.07, 6.45) is 1.84. The van der Waals surface area contributed by atoms with E-state index in [0.717, 1.165) is 41.9 Å². The minimum atomic E-state index is 0.606. The van der Waals surface area contributed by atoms with Crippen LogP contribution in [0.15, 0.2) is 36.5 Å². The number of hydrogen-bond donors (Lipinski definition) is 3. The Kier molecular flexibility index (Phi) is 4.07. The van der Waals surface area contributed by atoms with Gasteiger partial charge >= 0.3 is 0 Å². The van der Waals surface area contributed by atoms with Crippen molar-refractivity contribution in [2.24, 2.45) is 5.73 Å². The Bertz CT molecular complexity index is 921. The van der Waals surface area contributed by atoms with E-state index < -0.39 is 0 Å². The summed E-state index contributed by atoms with van der Waals surface area (Å²) in [6.45, 7) is 3.25. The Labute approximate surface area is 147 Å². The molecule has 0 bridgehead atoms. The van der Waals surface area contributed by atoms with Crippen molar-refractivity contribution in [1.82, 2.24) is 9.88 Å². The molecule has 0 fully saturated rings. The van der Waals surface area contributed by atoms with E-state index >= 15 is 0 Å². The lowest BCUT2D eigenvalue weighted by Gasteiger charge is -2.22. The molecule has 2 heterocycles. The van der Waals surface area contributed by atoms with Crippen molar-refractivity contribution in [3.05, 3.63) is 36.5 Å². The van der Waals surface area contributed by atoms with Crippen LogP contribution in [0.25, 0.3) is 21.7 Å². The van der Waals surface area contributed by atoms with Gasteiger partial charge in [-0.1, -0.05) is 0 Å². The molecule has 3 aromatic rings. The number of rotatable bonds is 6. The number of anilines is 3. The van der Waals surface area contributed by atoms with Crippen LogP contribution in [-0.4, -0.2) is 50.2 Å². The van der Waals surface area contributed by atoms with Crippen molar-refractivity contribution in [2.45, 2.75) is 0 Å². The summed E-state index contributed by atoms with van der Waals surface area (Å²) in [5.74, 6) is 0. The third-order valence-corrected chi connectivity index (χ3v) is 4.63. The number of likely N-dealkylation sites (N-methyl/N-ethyl adjacent to an activating group) is 1. The molecule has 0 saturated carbocycles. The first-order valence-electron chi connectivity index (χ1n) is 8.66. The van der Waals surface area contributed by atoms with Crippen molar-refractivity contribution in [3.63, 3.8) is 0 Å². The van der Waals surface area contributed by atoms with Crippen LogP contribution in [0.1, 0.15) is 0 Å². The highest BCUT2D eigenvalue weighted by atomic mass is 15.5. The predicted octanol–water partition coefficient (Wildman–Crippen LogP) is 2.47. The maximum atomic E-state index is 5.67. The molecule has 0 atom stereocenters. The molecule has 1 aliphatic rings. The topological polar surface area (TPSA) is 69.5 Å². The van der Waals surface area contributed by atoms with E-state index in [4.69, 9.17) is 5.73 Å². The van der Waals surface area contributed by atoms with E-state index in [1.807, 2.05) is 12.3 Å². The number of aromatic nitrogens is 1. The van der Waals surface area contributed by atoms with Gasteiger partial charge in [0, 0.05) is 47.7 Å². The summed E-state index contributed by atoms with van der Waals surface area (Å²) in [5.41, 5.74) is 13.7. The van der Waals surface area contributed by atoms with Gasteiger partial charge in [0.1, 0.15) is 0 Å². The molecule has 1 aromatic heterocycles. The molecular formula is C19H24N6. The zero-order valence-corrected chi connectivity index (χ0v) is 14.7. The highest BCUT2D eigenvalue weighted by molar-refractivity contribution is 6.20. The van der Waals surface area contributed by atoms with Gasteiger partial charge in [0.2, 0.25) is 0 Å². The molecule has 0 aliphatic carbocycles. The van der Waals surface area contributed by atoms with Gasteiger partial charge in [0.15, 0.2) is 0 Å². The Hall–Kier alpha value is -2.57. The number of hydrazine groups is 1. The second-order valence-electron chi connectivity index (χ2n) is 6.66. The summed E-state index contributed by atoms with van der Waals surface area (Å²) in [5, 5.41) is 9.27. The largest absolute Gasteiger partial charge is 0.383 e. The molecule has 4 N–H and O–H groups in total. The van der Waals surface area contributed by atoms with Gasteiger partial charge in [-0.3, -0.25) is 15.4 Å². The second-order valence-corrected chi connectivity index (χ2v) is 6.66. The first-order valence-corrected chi connectivity index (χ1v) is 8.66. The van der Waals surface area contributed by atoms with Crippen LogP contribution < -0.4 is 21.5 Å². The summed E-state index contributed by atoms with van der Waals surface area (Å²) >= 11 is 0. The molecule has 6 heteroatoms. The van der Waals surface area contributed by atoms with Crippen LogP contribution >= 0.6 is 0 Å². The highest BCUT2D eigenvalue weighted by Crippen LogP contribution is 2.45. The average Bonchev–Trinajstić information content (AvgIpc) is 2.99. The van der Waals surface area contributed by atoms with Gasteiger partial charge in [-0.2, -0.15) is 0 Å². The Morgan fingerprint density at radius 2 is 2.12 bits per heavy atom. The van der Waals surface area contributed by atoms with Crippen LogP contribution in [0.5, 0.6) is 0 Å². The highest BCUT2D eigenvalue weighted by Gasteiger charge is 2.24. The molecule has 1 aliphatic heterocycles. The number of hydrogen-bond acceptors (Lipinski definition) is 6. The van der Waals surface area contributed by atoms with Gasteiger partial charge in [0.25, 0.3) is 0 Å². The number of benzene rings is 2. The van der Waals surface area contributed by atoms with E-state index in [-0.39, 0.29) is 0 Å². The quantitative estimate of drug-likeness (QED) is 0.601. The fourth-order valence-electron chi connectivity index (χ4n) is 3.41. The molecular weight excluding hydrogens is 312 g/mol. The monoisotopic (exact) mass is 336 g/mol. The summed E-state index contributed by atoms with van der Waals surface area (Å²) in [7, 11) is 4.19. The maximum absolute atomic E-state index is 5.67. The Balaban J connectivity index is 1.89. The lowest BCUT2D eigenvalue weighted by Crippen LogP contribution is -2.33. The van der Waals surface area contributed by atoms with E-state index in [2.05, 4.69) is 64.0 Å². The lowest BCUT2D eigenvalue weighted by atomic mass is 10.0. The van der Waals surface area contributed by atoms with Crippen molar-refractivity contribution < 1.29 is 0 Å². The zero-order valence-electron chi connectivity index (χ0n) is 14.7. The van der Waals surface area contributed by atoms with E-state index in [1.54, 1.807) is 0 Å². The van der Waals surface area contributed by atoms with Crippen LogP contribution in [-0.2, 0) is 0 Å². The molecule has 0 spiro atoms. The van der Waals surface area contributed by atoms with E-state index in [0.29, 0.717) is 6.54 Å². The molecule has 0 radical (unpaired) electrons. The summed E-state index contributed by atoms with van der Waals surface area (Å²) < 4.78 is 0. The number of fused-ring (bicyclic) bond motifs is 2. The van der Waals surface area contributed by atoms with Gasteiger partial charge in [-0.25, -0.2) is 0 Å². The average molecular weight is 336 g/mol. The molecule has 0 saturated heterocycles. The molecule has 0 amide bonds. The summed E-state index contributed by atoms with van der Waals surface area (Å²) in [4.78, 5) is 6.76. The summed E-state index contributed by atoms with van der Waals surface area (Å²) in [6, 6.07) is 10.6. The van der Waals surface area contributed by atoms with Gasteiger partial charge in [-0.15, -0.1) is 0 Å². The minimum absolute atomic E-state index is 0.606. The first-order chi connectivity index (χ1) is 12.2. The van der Waals surface area contributed by atoms with E-state index in [1.165, 1.54) is 16.5 Å². The second kappa shape index (κ2) is 6.38. The van der Waals surface area contributed by atoms with E-state index in [9.17, 15) is 0 Å². The molecule has 130 valence electrons. The maximum Gasteiger partial charge on any atom is 0.0736 e. The number of nitrogens with one attached hydrogen (secondary N) is 2. The molecule has 0 unspecified atom stereocenters. The molecule has 4 rings (SSSR count). The van der Waals surface area contributed by atoms with Gasteiger partial charge in [-0.05, 0) is 44.4 Å². The van der Waals surface area contributed by atoms with Crippen molar-refractivity contribution >= 4 is 38.7 Å².